The van der Waals surface area contributed by atoms with E-state index >= 15 is 0 Å². The largest absolute Gasteiger partial charge is 0.465 e. The minimum atomic E-state index is -0.401. The van der Waals surface area contributed by atoms with Crippen LogP contribution in [0, 0.1) is 6.92 Å². The van der Waals surface area contributed by atoms with E-state index in [2.05, 4.69) is 20.0 Å². The van der Waals surface area contributed by atoms with E-state index in [0.29, 0.717) is 54.9 Å². The molecule has 1 aliphatic rings. The SMILES string of the molecule is COC(=O)c1ccc(Nc2nc(C)cc(C(=O)N3CCOCC3)n2)cc1. The van der Waals surface area contributed by atoms with Crippen molar-refractivity contribution >= 4 is 23.5 Å². The topological polar surface area (TPSA) is 93.6 Å². The number of nitrogens with one attached hydrogen (secondary N) is 1. The quantitative estimate of drug-likeness (QED) is 0.835. The van der Waals surface area contributed by atoms with Crippen LogP contribution in [0.25, 0.3) is 0 Å². The molecule has 3 rings (SSSR count). The highest BCUT2D eigenvalue weighted by molar-refractivity contribution is 5.93. The van der Waals surface area contributed by atoms with E-state index < -0.39 is 5.97 Å². The molecule has 0 saturated carbocycles. The van der Waals surface area contributed by atoms with Gasteiger partial charge in [-0.05, 0) is 37.3 Å². The van der Waals surface area contributed by atoms with Crippen molar-refractivity contribution in [3.8, 4) is 0 Å². The van der Waals surface area contributed by atoms with Crippen molar-refractivity contribution in [1.82, 2.24) is 14.9 Å². The third kappa shape index (κ3) is 4.15. The van der Waals surface area contributed by atoms with Crippen LogP contribution in [0.3, 0.4) is 0 Å². The Hall–Kier alpha value is -3.00. The molecule has 8 heteroatoms. The molecule has 1 fully saturated rings. The van der Waals surface area contributed by atoms with E-state index in [1.807, 2.05) is 6.92 Å². The third-order valence-corrected chi connectivity index (χ3v) is 3.93. The Labute approximate surface area is 151 Å². The van der Waals surface area contributed by atoms with Crippen LogP contribution >= 0.6 is 0 Å². The van der Waals surface area contributed by atoms with E-state index in [0.717, 1.165) is 0 Å². The number of carbonyl (C=O) groups excluding carboxylic acids is 2. The number of aryl methyl sites for hydroxylation is 1. The average molecular weight is 356 g/mol. The fourth-order valence-corrected chi connectivity index (χ4v) is 2.60. The summed E-state index contributed by atoms with van der Waals surface area (Å²) in [5, 5.41) is 3.06. The van der Waals surface area contributed by atoms with Gasteiger partial charge in [0.15, 0.2) is 0 Å². The van der Waals surface area contributed by atoms with Gasteiger partial charge in [0.05, 0.1) is 25.9 Å². The summed E-state index contributed by atoms with van der Waals surface area (Å²) < 4.78 is 9.95. The number of carbonyl (C=O) groups is 2. The molecule has 0 radical (unpaired) electrons. The van der Waals surface area contributed by atoms with Crippen molar-refractivity contribution in [2.24, 2.45) is 0 Å². The van der Waals surface area contributed by atoms with Gasteiger partial charge in [-0.25, -0.2) is 14.8 Å². The van der Waals surface area contributed by atoms with Crippen molar-refractivity contribution in [1.29, 1.82) is 0 Å². The van der Waals surface area contributed by atoms with Crippen LogP contribution in [0.2, 0.25) is 0 Å². The number of morpholine rings is 1. The zero-order valence-electron chi connectivity index (χ0n) is 14.7. The molecule has 1 saturated heterocycles. The molecular weight excluding hydrogens is 336 g/mol. The molecule has 0 atom stereocenters. The van der Waals surface area contributed by atoms with E-state index in [1.54, 1.807) is 35.2 Å². The number of aromatic nitrogens is 2. The van der Waals surface area contributed by atoms with Gasteiger partial charge >= 0.3 is 5.97 Å². The number of hydrogen-bond acceptors (Lipinski definition) is 7. The predicted octanol–water partition coefficient (Wildman–Crippen LogP) is 1.79. The number of nitrogens with zero attached hydrogens (tertiary/aromatic N) is 3. The molecule has 0 aliphatic carbocycles. The predicted molar refractivity (Wildman–Crippen MR) is 94.6 cm³/mol. The second kappa shape index (κ2) is 7.92. The van der Waals surface area contributed by atoms with Crippen LogP contribution in [-0.4, -0.2) is 60.2 Å². The van der Waals surface area contributed by atoms with Gasteiger partial charge in [0.25, 0.3) is 5.91 Å². The Morgan fingerprint density at radius 3 is 2.50 bits per heavy atom. The number of amides is 1. The highest BCUT2D eigenvalue weighted by atomic mass is 16.5. The van der Waals surface area contributed by atoms with Crippen LogP contribution in [0.5, 0.6) is 0 Å². The van der Waals surface area contributed by atoms with E-state index in [9.17, 15) is 9.59 Å². The first-order valence-electron chi connectivity index (χ1n) is 8.25. The van der Waals surface area contributed by atoms with Gasteiger partial charge in [-0.15, -0.1) is 0 Å². The molecule has 8 nitrogen and oxygen atoms in total. The highest BCUT2D eigenvalue weighted by Gasteiger charge is 2.20. The standard InChI is InChI=1S/C18H20N4O4/c1-12-11-15(16(23)22-7-9-26-10-8-22)21-18(19-12)20-14-5-3-13(4-6-14)17(24)25-2/h3-6,11H,7-10H2,1-2H3,(H,19,20,21). The van der Waals surface area contributed by atoms with E-state index in [4.69, 9.17) is 4.74 Å². The maximum absolute atomic E-state index is 12.6. The molecule has 0 unspecified atom stereocenters. The van der Waals surface area contributed by atoms with Crippen molar-refractivity contribution < 1.29 is 19.1 Å². The lowest BCUT2D eigenvalue weighted by Gasteiger charge is -2.26. The lowest BCUT2D eigenvalue weighted by Crippen LogP contribution is -2.41. The zero-order valence-corrected chi connectivity index (χ0v) is 14.7. The highest BCUT2D eigenvalue weighted by Crippen LogP contribution is 2.16. The molecular formula is C18H20N4O4. The Balaban J connectivity index is 1.77. The van der Waals surface area contributed by atoms with Crippen molar-refractivity contribution in [2.45, 2.75) is 6.92 Å². The van der Waals surface area contributed by atoms with Gasteiger partial charge in [0.1, 0.15) is 5.69 Å². The number of rotatable bonds is 4. The minimum Gasteiger partial charge on any atom is -0.465 e. The Bertz CT molecular complexity index is 801. The summed E-state index contributed by atoms with van der Waals surface area (Å²) in [4.78, 5) is 34.5. The normalized spacial score (nSPS) is 14.0. The van der Waals surface area contributed by atoms with Gasteiger partial charge < -0.3 is 19.7 Å². The van der Waals surface area contributed by atoms with Gasteiger partial charge in [-0.3, -0.25) is 4.79 Å². The number of methoxy groups -OCH3 is 1. The molecule has 1 aliphatic heterocycles. The fraction of sp³-hybridized carbons (Fsp3) is 0.333. The summed E-state index contributed by atoms with van der Waals surface area (Å²) >= 11 is 0. The average Bonchev–Trinajstić information content (AvgIpc) is 2.67. The third-order valence-electron chi connectivity index (χ3n) is 3.93. The van der Waals surface area contributed by atoms with Gasteiger partial charge in [-0.2, -0.15) is 0 Å². The molecule has 136 valence electrons. The van der Waals surface area contributed by atoms with Crippen LogP contribution in [-0.2, 0) is 9.47 Å². The number of anilines is 2. The maximum atomic E-state index is 12.6. The van der Waals surface area contributed by atoms with Crippen LogP contribution in [0.15, 0.2) is 30.3 Å². The molecule has 2 aromatic rings. The number of esters is 1. The second-order valence-electron chi connectivity index (χ2n) is 5.82. The smallest absolute Gasteiger partial charge is 0.337 e. The molecule has 1 amide bonds. The summed E-state index contributed by atoms with van der Waals surface area (Å²) in [5.41, 5.74) is 2.18. The van der Waals surface area contributed by atoms with Crippen molar-refractivity contribution in [3.05, 3.63) is 47.3 Å². The molecule has 26 heavy (non-hydrogen) atoms. The first-order valence-corrected chi connectivity index (χ1v) is 8.25. The Morgan fingerprint density at radius 2 is 1.85 bits per heavy atom. The monoisotopic (exact) mass is 356 g/mol. The summed E-state index contributed by atoms with van der Waals surface area (Å²) in [6.07, 6.45) is 0. The molecule has 0 bridgehead atoms. The Kier molecular flexibility index (Phi) is 5.43. The lowest BCUT2D eigenvalue weighted by molar-refractivity contribution is 0.0299. The summed E-state index contributed by atoms with van der Waals surface area (Å²) in [6, 6.07) is 8.40. The molecule has 1 N–H and O–H groups in total. The minimum absolute atomic E-state index is 0.136. The number of hydrogen-bond donors (Lipinski definition) is 1. The van der Waals surface area contributed by atoms with Crippen LogP contribution < -0.4 is 5.32 Å². The molecule has 2 heterocycles. The van der Waals surface area contributed by atoms with E-state index in [1.165, 1.54) is 7.11 Å². The van der Waals surface area contributed by atoms with Gasteiger partial charge in [0.2, 0.25) is 5.95 Å². The molecule has 0 spiro atoms. The maximum Gasteiger partial charge on any atom is 0.337 e. The van der Waals surface area contributed by atoms with Crippen LogP contribution in [0.1, 0.15) is 26.5 Å². The first kappa shape index (κ1) is 17.8. The number of ether oxygens (including phenoxy) is 2. The number of benzene rings is 1. The van der Waals surface area contributed by atoms with Crippen molar-refractivity contribution in [3.63, 3.8) is 0 Å². The first-order chi connectivity index (χ1) is 12.6. The summed E-state index contributed by atoms with van der Waals surface area (Å²) in [5.74, 6) is -0.211. The van der Waals surface area contributed by atoms with Gasteiger partial charge in [-0.1, -0.05) is 0 Å². The zero-order chi connectivity index (χ0) is 18.5. The molecule has 1 aromatic carbocycles. The van der Waals surface area contributed by atoms with Crippen LogP contribution in [0.4, 0.5) is 11.6 Å². The van der Waals surface area contributed by atoms with Gasteiger partial charge in [0, 0.05) is 24.5 Å². The summed E-state index contributed by atoms with van der Waals surface area (Å²) in [6.45, 7) is 3.99. The van der Waals surface area contributed by atoms with E-state index in [-0.39, 0.29) is 5.91 Å². The second-order valence-corrected chi connectivity index (χ2v) is 5.82. The summed E-state index contributed by atoms with van der Waals surface area (Å²) in [7, 11) is 1.34. The fourth-order valence-electron chi connectivity index (χ4n) is 2.60. The molecule has 1 aromatic heterocycles. The lowest BCUT2D eigenvalue weighted by atomic mass is 10.2. The Morgan fingerprint density at radius 1 is 1.15 bits per heavy atom. The van der Waals surface area contributed by atoms with Crippen molar-refractivity contribution in [2.75, 3.05) is 38.7 Å².